The lowest BCUT2D eigenvalue weighted by atomic mass is 10.0. The van der Waals surface area contributed by atoms with Crippen LogP contribution in [0.15, 0.2) is 6.07 Å². The number of hydrogen-bond donors (Lipinski definition) is 0. The molecule has 4 heteroatoms. The van der Waals surface area contributed by atoms with Gasteiger partial charge in [0.15, 0.2) is 0 Å². The Morgan fingerprint density at radius 1 is 1.64 bits per heavy atom. The summed E-state index contributed by atoms with van der Waals surface area (Å²) in [7, 11) is 2.04. The van der Waals surface area contributed by atoms with Gasteiger partial charge in [0, 0.05) is 30.8 Å². The van der Waals surface area contributed by atoms with Crippen molar-refractivity contribution in [2.75, 3.05) is 13.6 Å². The monoisotopic (exact) mass is 207 g/mol. The number of fused-ring (bicyclic) bond motifs is 1. The van der Waals surface area contributed by atoms with Crippen molar-refractivity contribution < 1.29 is 0 Å². The highest BCUT2D eigenvalue weighted by molar-refractivity contribution is 6.29. The molecule has 72 valence electrons. The second-order valence-corrected chi connectivity index (χ2v) is 3.90. The number of rotatable bonds is 0. The molecule has 1 aromatic heterocycles. The summed E-state index contributed by atoms with van der Waals surface area (Å²) in [6.07, 6.45) is 0.876. The molecule has 1 aromatic rings. The molecule has 0 saturated heterocycles. The fourth-order valence-corrected chi connectivity index (χ4v) is 1.93. The first-order chi connectivity index (χ1) is 6.70. The van der Waals surface area contributed by atoms with Gasteiger partial charge < -0.3 is 4.90 Å². The van der Waals surface area contributed by atoms with Gasteiger partial charge in [-0.15, -0.1) is 0 Å². The van der Waals surface area contributed by atoms with E-state index in [9.17, 15) is 0 Å². The molecule has 0 atom stereocenters. The Kier molecular flexibility index (Phi) is 2.40. The summed E-state index contributed by atoms with van der Waals surface area (Å²) < 4.78 is 0. The first-order valence-corrected chi connectivity index (χ1v) is 4.85. The van der Waals surface area contributed by atoms with Crippen LogP contribution in [0.5, 0.6) is 0 Å². The van der Waals surface area contributed by atoms with Crippen LogP contribution >= 0.6 is 11.6 Å². The third kappa shape index (κ3) is 1.59. The molecule has 14 heavy (non-hydrogen) atoms. The molecule has 2 rings (SSSR count). The zero-order valence-corrected chi connectivity index (χ0v) is 8.67. The largest absolute Gasteiger partial charge is 0.302 e. The number of likely N-dealkylation sites (N-methyl/N-ethyl adjacent to an activating group) is 1. The second-order valence-electron chi connectivity index (χ2n) is 3.52. The Balaban J connectivity index is 2.54. The smallest absolute Gasteiger partial charge is 0.130 e. The first-order valence-electron chi connectivity index (χ1n) is 4.47. The Hall–Kier alpha value is -1.11. The average Bonchev–Trinajstić information content (AvgIpc) is 2.17. The van der Waals surface area contributed by atoms with Gasteiger partial charge in [-0.05, 0) is 13.1 Å². The van der Waals surface area contributed by atoms with Gasteiger partial charge in [-0.3, -0.25) is 0 Å². The molecule has 0 amide bonds. The molecule has 0 spiro atoms. The third-order valence-corrected chi connectivity index (χ3v) is 2.65. The standard InChI is InChI=1S/C10H10ClN3/c1-14-3-2-9-8(6-14)7(5-12)4-10(11)13-9/h4H,2-3,6H2,1H3. The van der Waals surface area contributed by atoms with Crippen molar-refractivity contribution in [3.8, 4) is 6.07 Å². The minimum atomic E-state index is 0.421. The van der Waals surface area contributed by atoms with Crippen molar-refractivity contribution >= 4 is 11.6 Å². The molecule has 0 fully saturated rings. The number of aromatic nitrogens is 1. The maximum absolute atomic E-state index is 8.95. The summed E-state index contributed by atoms with van der Waals surface area (Å²) >= 11 is 5.82. The molecule has 0 aliphatic carbocycles. The predicted molar refractivity (Wildman–Crippen MR) is 54.0 cm³/mol. The summed E-state index contributed by atoms with van der Waals surface area (Å²) in [4.78, 5) is 6.42. The van der Waals surface area contributed by atoms with Gasteiger partial charge in [-0.2, -0.15) is 5.26 Å². The van der Waals surface area contributed by atoms with Gasteiger partial charge in [-0.1, -0.05) is 11.6 Å². The van der Waals surface area contributed by atoms with E-state index in [1.165, 1.54) is 0 Å². The summed E-state index contributed by atoms with van der Waals surface area (Å²) in [6, 6.07) is 3.80. The zero-order chi connectivity index (χ0) is 10.1. The quantitative estimate of drug-likeness (QED) is 0.607. The SMILES string of the molecule is CN1CCc2nc(Cl)cc(C#N)c2C1. The predicted octanol–water partition coefficient (Wildman–Crippen LogP) is 1.59. The summed E-state index contributed by atoms with van der Waals surface area (Å²) in [5.41, 5.74) is 2.67. The summed E-state index contributed by atoms with van der Waals surface area (Å²) in [6.45, 7) is 1.77. The van der Waals surface area contributed by atoms with E-state index < -0.39 is 0 Å². The number of nitriles is 1. The van der Waals surface area contributed by atoms with E-state index in [0.29, 0.717) is 10.7 Å². The molecule has 1 aliphatic heterocycles. The minimum absolute atomic E-state index is 0.421. The number of pyridine rings is 1. The topological polar surface area (TPSA) is 39.9 Å². The van der Waals surface area contributed by atoms with Gasteiger partial charge in [0.05, 0.1) is 11.6 Å². The molecule has 0 saturated carbocycles. The van der Waals surface area contributed by atoms with E-state index >= 15 is 0 Å². The van der Waals surface area contributed by atoms with E-state index in [2.05, 4.69) is 16.0 Å². The maximum atomic E-state index is 8.95. The van der Waals surface area contributed by atoms with Crippen LogP contribution in [0.4, 0.5) is 0 Å². The minimum Gasteiger partial charge on any atom is -0.302 e. The van der Waals surface area contributed by atoms with Crippen LogP contribution in [0.3, 0.4) is 0 Å². The lowest BCUT2D eigenvalue weighted by Gasteiger charge is -2.24. The molecule has 0 bridgehead atoms. The molecule has 3 nitrogen and oxygen atoms in total. The van der Waals surface area contributed by atoms with Crippen LogP contribution in [-0.4, -0.2) is 23.5 Å². The molecule has 1 aliphatic rings. The van der Waals surface area contributed by atoms with Crippen LogP contribution in [0.1, 0.15) is 16.8 Å². The zero-order valence-electron chi connectivity index (χ0n) is 7.92. The number of nitrogens with zero attached hydrogens (tertiary/aromatic N) is 3. The summed E-state index contributed by atoms with van der Waals surface area (Å²) in [5.74, 6) is 0. The van der Waals surface area contributed by atoms with E-state index in [1.807, 2.05) is 7.05 Å². The van der Waals surface area contributed by atoms with Crippen LogP contribution in [0, 0.1) is 11.3 Å². The molecule has 2 heterocycles. The van der Waals surface area contributed by atoms with Crippen molar-refractivity contribution in [1.29, 1.82) is 5.26 Å². The first kappa shape index (κ1) is 9.45. The molecule has 0 N–H and O–H groups in total. The van der Waals surface area contributed by atoms with Crippen molar-refractivity contribution in [2.24, 2.45) is 0 Å². The van der Waals surface area contributed by atoms with Gasteiger partial charge in [-0.25, -0.2) is 4.98 Å². The van der Waals surface area contributed by atoms with Crippen LogP contribution in [0.2, 0.25) is 5.15 Å². The van der Waals surface area contributed by atoms with Crippen LogP contribution in [-0.2, 0) is 13.0 Å². The molecular formula is C10H10ClN3. The Morgan fingerprint density at radius 2 is 2.43 bits per heavy atom. The Morgan fingerprint density at radius 3 is 3.14 bits per heavy atom. The third-order valence-electron chi connectivity index (χ3n) is 2.46. The molecule has 0 unspecified atom stereocenters. The van der Waals surface area contributed by atoms with Crippen LogP contribution < -0.4 is 0 Å². The van der Waals surface area contributed by atoms with Crippen LogP contribution in [0.25, 0.3) is 0 Å². The van der Waals surface area contributed by atoms with E-state index in [1.54, 1.807) is 6.07 Å². The molecular weight excluding hydrogens is 198 g/mol. The summed E-state index contributed by atoms with van der Waals surface area (Å²) in [5, 5.41) is 9.37. The Bertz CT molecular complexity index is 409. The Labute approximate surface area is 87.9 Å². The molecule has 0 aromatic carbocycles. The fourth-order valence-electron chi connectivity index (χ4n) is 1.72. The van der Waals surface area contributed by atoms with Crippen molar-refractivity contribution in [3.05, 3.63) is 28.0 Å². The maximum Gasteiger partial charge on any atom is 0.130 e. The molecule has 0 radical (unpaired) electrons. The van der Waals surface area contributed by atoms with E-state index in [4.69, 9.17) is 16.9 Å². The lowest BCUT2D eigenvalue weighted by Crippen LogP contribution is -2.28. The fraction of sp³-hybridized carbons (Fsp3) is 0.400. The average molecular weight is 208 g/mol. The normalized spacial score (nSPS) is 16.1. The lowest BCUT2D eigenvalue weighted by molar-refractivity contribution is 0.309. The van der Waals surface area contributed by atoms with Gasteiger partial charge in [0.1, 0.15) is 5.15 Å². The van der Waals surface area contributed by atoms with Gasteiger partial charge >= 0.3 is 0 Å². The highest BCUT2D eigenvalue weighted by Crippen LogP contribution is 2.22. The number of halogens is 1. The van der Waals surface area contributed by atoms with Crippen molar-refractivity contribution in [2.45, 2.75) is 13.0 Å². The van der Waals surface area contributed by atoms with Crippen molar-refractivity contribution in [1.82, 2.24) is 9.88 Å². The van der Waals surface area contributed by atoms with E-state index in [-0.39, 0.29) is 0 Å². The van der Waals surface area contributed by atoms with Gasteiger partial charge in [0.25, 0.3) is 0 Å². The highest BCUT2D eigenvalue weighted by Gasteiger charge is 2.18. The second kappa shape index (κ2) is 3.56. The highest BCUT2D eigenvalue weighted by atomic mass is 35.5. The van der Waals surface area contributed by atoms with E-state index in [0.717, 1.165) is 30.8 Å². The van der Waals surface area contributed by atoms with Gasteiger partial charge in [0.2, 0.25) is 0 Å². The number of hydrogen-bond acceptors (Lipinski definition) is 3. The van der Waals surface area contributed by atoms with Crippen molar-refractivity contribution in [3.63, 3.8) is 0 Å².